The van der Waals surface area contributed by atoms with E-state index in [2.05, 4.69) is 121 Å². The summed E-state index contributed by atoms with van der Waals surface area (Å²) in [5, 5.41) is 0.487. The van der Waals surface area contributed by atoms with Crippen LogP contribution in [0.15, 0.2) is 127 Å². The highest BCUT2D eigenvalue weighted by Crippen LogP contribution is 2.50. The topological polar surface area (TPSA) is 18.5 Å². The van der Waals surface area contributed by atoms with Gasteiger partial charge in [-0.3, -0.25) is 0 Å². The summed E-state index contributed by atoms with van der Waals surface area (Å²) in [4.78, 5) is 0. The molecule has 0 heterocycles. The predicted octanol–water partition coefficient (Wildman–Crippen LogP) is 9.96. The van der Waals surface area contributed by atoms with E-state index in [0.29, 0.717) is 23.7 Å². The summed E-state index contributed by atoms with van der Waals surface area (Å²) in [6.45, 7) is -4.08. The molecule has 2 aliphatic carbocycles. The van der Waals surface area contributed by atoms with Crippen LogP contribution in [0.5, 0.6) is 11.5 Å². The van der Waals surface area contributed by atoms with E-state index >= 15 is 0 Å². The number of alkyl halides is 6. The van der Waals surface area contributed by atoms with Crippen molar-refractivity contribution in [1.82, 2.24) is 0 Å². The molecule has 0 spiro atoms. The normalized spacial score (nSPS) is 15.8. The summed E-state index contributed by atoms with van der Waals surface area (Å²) in [6, 6.07) is 44.9. The van der Waals surface area contributed by atoms with Gasteiger partial charge in [-0.1, -0.05) is 160 Å². The summed E-state index contributed by atoms with van der Waals surface area (Å²) in [5.74, 6) is -1.01. The monoisotopic (exact) mass is 790 g/mol. The SMILES string of the molecule is FCC(F)(F)Oc1cc([PH3+])c(C2CCCCC2)c(OC(F)(F)CF)c1C1CCCCC1.c1ccc([B-](c2ccccc2)(c2ccccc2)c2ccccc2)cc1. The van der Waals surface area contributed by atoms with Crippen molar-refractivity contribution in [1.29, 1.82) is 0 Å². The Kier molecular flexibility index (Phi) is 13.9. The van der Waals surface area contributed by atoms with Gasteiger partial charge < -0.3 is 9.47 Å². The van der Waals surface area contributed by atoms with Gasteiger partial charge in [0.1, 0.15) is 17.6 Å². The average molecular weight is 791 g/mol. The Morgan fingerprint density at radius 3 is 1.20 bits per heavy atom. The summed E-state index contributed by atoms with van der Waals surface area (Å²) in [6.07, 6.45) is -1.28. The highest BCUT2D eigenvalue weighted by atomic mass is 31.0. The maximum atomic E-state index is 14.2. The fraction of sp³-hybridized carbons (Fsp3) is 0.348. The minimum Gasteiger partial charge on any atom is -0.430 e. The Labute approximate surface area is 329 Å². The van der Waals surface area contributed by atoms with Crippen molar-refractivity contribution in [3.63, 3.8) is 0 Å². The van der Waals surface area contributed by atoms with Crippen molar-refractivity contribution < 1.29 is 35.8 Å². The van der Waals surface area contributed by atoms with Gasteiger partial charge in [0.05, 0.1) is 5.30 Å². The molecule has 0 bridgehead atoms. The lowest BCUT2D eigenvalue weighted by Gasteiger charge is -2.44. The molecule has 7 rings (SSSR count). The summed E-state index contributed by atoms with van der Waals surface area (Å²) in [5.41, 5.74) is 5.99. The van der Waals surface area contributed by atoms with Crippen molar-refractivity contribution in [3.8, 4) is 11.5 Å². The minimum absolute atomic E-state index is 0.0789. The Bertz CT molecular complexity index is 1790. The van der Waals surface area contributed by atoms with Crippen LogP contribution < -0.4 is 36.6 Å². The zero-order valence-corrected chi connectivity index (χ0v) is 33.0. The molecular weight excluding hydrogens is 740 g/mol. The summed E-state index contributed by atoms with van der Waals surface area (Å²) >= 11 is 0. The second kappa shape index (κ2) is 18.8. The smallest absolute Gasteiger partial charge is 0.427 e. The minimum atomic E-state index is -4.09. The zero-order valence-electron chi connectivity index (χ0n) is 31.6. The average Bonchev–Trinajstić information content (AvgIpc) is 3.23. The Balaban J connectivity index is 0.000000194. The maximum absolute atomic E-state index is 14.2. The van der Waals surface area contributed by atoms with Crippen LogP contribution >= 0.6 is 9.24 Å². The van der Waals surface area contributed by atoms with Gasteiger partial charge in [-0.05, 0) is 37.5 Å². The van der Waals surface area contributed by atoms with Gasteiger partial charge >= 0.3 is 12.2 Å². The number of ether oxygens (including phenoxy) is 2. The predicted molar refractivity (Wildman–Crippen MR) is 222 cm³/mol. The third-order valence-corrected chi connectivity index (χ3v) is 12.0. The first kappa shape index (κ1) is 41.4. The molecule has 2 nitrogen and oxygen atoms in total. The zero-order chi connectivity index (χ0) is 39.6. The highest BCUT2D eigenvalue weighted by Gasteiger charge is 2.41. The van der Waals surface area contributed by atoms with E-state index in [1.165, 1.54) is 37.2 Å². The number of rotatable bonds is 12. The second-order valence-corrected chi connectivity index (χ2v) is 15.9. The molecule has 1 atom stereocenters. The molecule has 0 aliphatic heterocycles. The molecule has 56 heavy (non-hydrogen) atoms. The lowest BCUT2D eigenvalue weighted by atomic mass is 9.13. The lowest BCUT2D eigenvalue weighted by Crippen LogP contribution is -2.74. The van der Waals surface area contributed by atoms with Crippen molar-refractivity contribution in [2.75, 3.05) is 13.3 Å². The molecular formula is C46H50BF6O2P. The van der Waals surface area contributed by atoms with Crippen LogP contribution in [0.25, 0.3) is 0 Å². The first-order chi connectivity index (χ1) is 27.1. The fourth-order valence-electron chi connectivity index (χ4n) is 9.01. The number of hydrogen-bond acceptors (Lipinski definition) is 2. The molecule has 0 aromatic heterocycles. The van der Waals surface area contributed by atoms with Crippen LogP contribution in [-0.4, -0.2) is 31.7 Å². The van der Waals surface area contributed by atoms with Crippen LogP contribution in [0.3, 0.4) is 0 Å². The Morgan fingerprint density at radius 2 is 0.839 bits per heavy atom. The van der Waals surface area contributed by atoms with Gasteiger partial charge in [0.15, 0.2) is 13.3 Å². The molecule has 10 heteroatoms. The van der Waals surface area contributed by atoms with Crippen LogP contribution in [-0.2, 0) is 0 Å². The quantitative estimate of drug-likeness (QED) is 0.0712. The van der Waals surface area contributed by atoms with Gasteiger partial charge in [0, 0.05) is 26.4 Å². The Morgan fingerprint density at radius 1 is 0.500 bits per heavy atom. The first-order valence-corrected chi connectivity index (χ1v) is 20.5. The van der Waals surface area contributed by atoms with E-state index in [0.717, 1.165) is 51.4 Å². The molecule has 2 fully saturated rings. The third kappa shape index (κ3) is 9.48. The standard InChI is InChI=1S/C24H20B.C22H29F6O2P/c1-5-13-21(14-6-1)25(22-15-7-2-8-16-22,23-17-9-3-10-18-23)24-19-11-4-12-20-24;23-12-21(25,26)29-16-11-17(31)19(15-9-5-2-6-10-15)20(30-22(27,28)13-24)18(16)14-7-3-1-4-8-14/h1-20H;11,14-15H,1-10,12-13,31H2/q-1;/p+1. The van der Waals surface area contributed by atoms with E-state index in [1.54, 1.807) is 0 Å². The highest BCUT2D eigenvalue weighted by molar-refractivity contribution is 7.27. The lowest BCUT2D eigenvalue weighted by molar-refractivity contribution is -0.190. The van der Waals surface area contributed by atoms with E-state index in [-0.39, 0.29) is 28.9 Å². The van der Waals surface area contributed by atoms with Crippen molar-refractivity contribution in [3.05, 3.63) is 139 Å². The van der Waals surface area contributed by atoms with Crippen LogP contribution in [0.1, 0.15) is 87.2 Å². The molecule has 5 aromatic rings. The number of halogens is 6. The summed E-state index contributed by atoms with van der Waals surface area (Å²) in [7, 11) is 1.37. The van der Waals surface area contributed by atoms with Gasteiger partial charge in [0.25, 0.3) is 0 Å². The fourth-order valence-corrected chi connectivity index (χ4v) is 9.65. The summed E-state index contributed by atoms with van der Waals surface area (Å²) < 4.78 is 91.6. The van der Waals surface area contributed by atoms with Crippen LogP contribution in [0.4, 0.5) is 26.3 Å². The third-order valence-electron chi connectivity index (χ3n) is 11.5. The van der Waals surface area contributed by atoms with Crippen LogP contribution in [0, 0.1) is 0 Å². The van der Waals surface area contributed by atoms with Crippen LogP contribution in [0.2, 0.25) is 0 Å². The van der Waals surface area contributed by atoms with E-state index < -0.39 is 31.7 Å². The van der Waals surface area contributed by atoms with E-state index in [9.17, 15) is 26.3 Å². The van der Waals surface area contributed by atoms with Crippen molar-refractivity contribution in [2.45, 2.75) is 88.3 Å². The van der Waals surface area contributed by atoms with Gasteiger partial charge in [-0.15, -0.1) is 0 Å². The van der Waals surface area contributed by atoms with E-state index in [1.807, 2.05) is 0 Å². The molecule has 5 aromatic carbocycles. The maximum Gasteiger partial charge on any atom is 0.427 e. The molecule has 0 saturated heterocycles. The molecule has 0 radical (unpaired) electrons. The van der Waals surface area contributed by atoms with Crippen molar-refractivity contribution >= 4 is 42.5 Å². The van der Waals surface area contributed by atoms with Gasteiger partial charge in [-0.2, -0.15) is 39.4 Å². The number of hydrogen-bond donors (Lipinski definition) is 0. The van der Waals surface area contributed by atoms with Gasteiger partial charge in [0.2, 0.25) is 0 Å². The first-order valence-electron chi connectivity index (χ1n) is 19.8. The molecule has 2 saturated carbocycles. The number of benzene rings is 5. The Hall–Kier alpha value is -4.23. The van der Waals surface area contributed by atoms with E-state index in [4.69, 9.17) is 9.47 Å². The molecule has 2 aliphatic rings. The molecule has 0 amide bonds. The molecule has 1 unspecified atom stereocenters. The second-order valence-electron chi connectivity index (χ2n) is 15.1. The molecule has 0 N–H and O–H groups in total. The van der Waals surface area contributed by atoms with Crippen molar-refractivity contribution in [2.24, 2.45) is 0 Å². The van der Waals surface area contributed by atoms with Gasteiger partial charge in [-0.25, -0.2) is 8.78 Å². The molecule has 296 valence electrons. The largest absolute Gasteiger partial charge is 0.430 e.